The van der Waals surface area contributed by atoms with E-state index >= 15 is 0 Å². The van der Waals surface area contributed by atoms with E-state index in [0.29, 0.717) is 46.3 Å². The lowest BCUT2D eigenvalue weighted by Gasteiger charge is -2.16. The SMILES string of the molecule is O=C(Nc1ccc(Cl)c(NC(=O)c2cccnc2)c1)c1ccc(N2CCNS2(=O)=O)cc1. The first kappa shape index (κ1) is 21.8. The van der Waals surface area contributed by atoms with Crippen LogP contribution in [0.5, 0.6) is 0 Å². The highest BCUT2D eigenvalue weighted by Crippen LogP contribution is 2.27. The molecule has 4 rings (SSSR count). The molecular formula is C21H18ClN5O4S. The lowest BCUT2D eigenvalue weighted by molar-refractivity contribution is 0.101. The Kier molecular flexibility index (Phi) is 6.08. The van der Waals surface area contributed by atoms with Gasteiger partial charge in [-0.25, -0.2) is 0 Å². The van der Waals surface area contributed by atoms with Gasteiger partial charge in [-0.05, 0) is 54.6 Å². The summed E-state index contributed by atoms with van der Waals surface area (Å²) in [7, 11) is -3.53. The van der Waals surface area contributed by atoms with Crippen molar-refractivity contribution < 1.29 is 18.0 Å². The predicted molar refractivity (Wildman–Crippen MR) is 122 cm³/mol. The molecule has 2 heterocycles. The van der Waals surface area contributed by atoms with Gasteiger partial charge < -0.3 is 10.6 Å². The van der Waals surface area contributed by atoms with Gasteiger partial charge >= 0.3 is 10.2 Å². The van der Waals surface area contributed by atoms with Crippen LogP contribution in [0.3, 0.4) is 0 Å². The zero-order valence-electron chi connectivity index (χ0n) is 16.6. The Bertz CT molecular complexity index is 1270. The number of anilines is 3. The van der Waals surface area contributed by atoms with E-state index in [4.69, 9.17) is 11.6 Å². The fourth-order valence-corrected chi connectivity index (χ4v) is 4.52. The number of hydrogen-bond donors (Lipinski definition) is 3. The van der Waals surface area contributed by atoms with Crippen molar-refractivity contribution in [1.29, 1.82) is 0 Å². The van der Waals surface area contributed by atoms with Crippen LogP contribution in [-0.4, -0.2) is 38.3 Å². The van der Waals surface area contributed by atoms with Gasteiger partial charge in [-0.3, -0.25) is 18.9 Å². The van der Waals surface area contributed by atoms with E-state index in [1.54, 1.807) is 60.8 Å². The van der Waals surface area contributed by atoms with Gasteiger partial charge in [-0.15, -0.1) is 0 Å². The Morgan fingerprint density at radius 3 is 2.41 bits per heavy atom. The number of carbonyl (C=O) groups excluding carboxylic acids is 2. The Morgan fingerprint density at radius 1 is 1.00 bits per heavy atom. The van der Waals surface area contributed by atoms with E-state index in [9.17, 15) is 18.0 Å². The summed E-state index contributed by atoms with van der Waals surface area (Å²) >= 11 is 6.18. The molecule has 32 heavy (non-hydrogen) atoms. The van der Waals surface area contributed by atoms with Gasteiger partial charge in [-0.1, -0.05) is 11.6 Å². The summed E-state index contributed by atoms with van der Waals surface area (Å²) in [4.78, 5) is 28.9. The van der Waals surface area contributed by atoms with Gasteiger partial charge in [0.05, 0.1) is 22.0 Å². The molecule has 0 bridgehead atoms. The van der Waals surface area contributed by atoms with Crippen molar-refractivity contribution in [3.05, 3.63) is 83.1 Å². The molecule has 0 atom stereocenters. The fourth-order valence-electron chi connectivity index (χ4n) is 3.11. The molecule has 0 spiro atoms. The number of amides is 2. The summed E-state index contributed by atoms with van der Waals surface area (Å²) in [5.74, 6) is -0.781. The molecular weight excluding hydrogens is 454 g/mol. The van der Waals surface area contributed by atoms with E-state index in [1.165, 1.54) is 10.5 Å². The van der Waals surface area contributed by atoms with Crippen LogP contribution in [0, 0.1) is 0 Å². The molecule has 0 aliphatic carbocycles. The summed E-state index contributed by atoms with van der Waals surface area (Å²) in [5, 5.41) is 5.74. The van der Waals surface area contributed by atoms with Crippen molar-refractivity contribution in [2.75, 3.05) is 28.0 Å². The molecule has 11 heteroatoms. The molecule has 9 nitrogen and oxygen atoms in total. The highest BCUT2D eigenvalue weighted by molar-refractivity contribution is 7.91. The normalized spacial score (nSPS) is 14.7. The van der Waals surface area contributed by atoms with Crippen LogP contribution in [0.1, 0.15) is 20.7 Å². The molecule has 1 aliphatic rings. The predicted octanol–water partition coefficient (Wildman–Crippen LogP) is 2.89. The average molecular weight is 472 g/mol. The van der Waals surface area contributed by atoms with Crippen LogP contribution in [0.15, 0.2) is 67.0 Å². The quantitative estimate of drug-likeness (QED) is 0.528. The third kappa shape index (κ3) is 4.72. The molecule has 0 saturated carbocycles. The summed E-state index contributed by atoms with van der Waals surface area (Å²) in [6, 6.07) is 14.2. The molecule has 3 N–H and O–H groups in total. The number of carbonyl (C=O) groups is 2. The van der Waals surface area contributed by atoms with Crippen molar-refractivity contribution in [3.8, 4) is 0 Å². The van der Waals surface area contributed by atoms with Gasteiger partial charge in [0.1, 0.15) is 0 Å². The van der Waals surface area contributed by atoms with Gasteiger partial charge in [0, 0.05) is 36.7 Å². The monoisotopic (exact) mass is 471 g/mol. The third-order valence-corrected chi connectivity index (χ3v) is 6.58. The summed E-state index contributed by atoms with van der Waals surface area (Å²) in [5.41, 5.74) is 1.94. The van der Waals surface area contributed by atoms with E-state index in [1.807, 2.05) is 0 Å². The topological polar surface area (TPSA) is 120 Å². The third-order valence-electron chi connectivity index (χ3n) is 4.70. The summed E-state index contributed by atoms with van der Waals surface area (Å²) < 4.78 is 27.5. The summed E-state index contributed by atoms with van der Waals surface area (Å²) in [6.07, 6.45) is 3.00. The van der Waals surface area contributed by atoms with Crippen LogP contribution < -0.4 is 19.7 Å². The standard InChI is InChI=1S/C21H18ClN5O4S/c22-18-8-5-16(12-19(18)26-21(29)15-2-1-9-23-13-15)25-20(28)14-3-6-17(7-4-14)27-11-10-24-32(27,30)31/h1-9,12-13,24H,10-11H2,(H,25,28)(H,26,29). The Morgan fingerprint density at radius 2 is 1.75 bits per heavy atom. The Hall–Kier alpha value is -3.47. The van der Waals surface area contributed by atoms with Gasteiger partial charge in [0.2, 0.25) is 0 Å². The maximum Gasteiger partial charge on any atom is 0.301 e. The van der Waals surface area contributed by atoms with Crippen molar-refractivity contribution >= 4 is 50.7 Å². The van der Waals surface area contributed by atoms with E-state index in [-0.39, 0.29) is 5.91 Å². The van der Waals surface area contributed by atoms with E-state index in [0.717, 1.165) is 0 Å². The largest absolute Gasteiger partial charge is 0.322 e. The molecule has 1 aliphatic heterocycles. The number of hydrogen-bond acceptors (Lipinski definition) is 5. The van der Waals surface area contributed by atoms with Crippen molar-refractivity contribution in [2.24, 2.45) is 0 Å². The molecule has 2 amide bonds. The molecule has 3 aromatic rings. The molecule has 1 aromatic heterocycles. The molecule has 0 radical (unpaired) electrons. The molecule has 164 valence electrons. The van der Waals surface area contributed by atoms with Crippen LogP contribution >= 0.6 is 11.6 Å². The first-order valence-corrected chi connectivity index (χ1v) is 11.3. The number of rotatable bonds is 5. The van der Waals surface area contributed by atoms with Crippen LogP contribution in [-0.2, 0) is 10.2 Å². The Balaban J connectivity index is 1.46. The fraction of sp³-hybridized carbons (Fsp3) is 0.0952. The molecule has 2 aromatic carbocycles. The maximum atomic E-state index is 12.6. The Labute approximate surface area is 189 Å². The number of benzene rings is 2. The zero-order valence-corrected chi connectivity index (χ0v) is 18.2. The lowest BCUT2D eigenvalue weighted by Crippen LogP contribution is -2.29. The lowest BCUT2D eigenvalue weighted by atomic mass is 10.2. The van der Waals surface area contributed by atoms with Gasteiger partial charge in [0.25, 0.3) is 11.8 Å². The number of nitrogens with zero attached hydrogens (tertiary/aromatic N) is 2. The van der Waals surface area contributed by atoms with Crippen LogP contribution in [0.2, 0.25) is 5.02 Å². The maximum absolute atomic E-state index is 12.6. The van der Waals surface area contributed by atoms with E-state index in [2.05, 4.69) is 20.3 Å². The number of nitrogens with one attached hydrogen (secondary N) is 3. The average Bonchev–Trinajstić information content (AvgIpc) is 3.15. The molecule has 0 unspecified atom stereocenters. The van der Waals surface area contributed by atoms with Crippen molar-refractivity contribution in [2.45, 2.75) is 0 Å². The number of aromatic nitrogens is 1. The minimum atomic E-state index is -3.53. The minimum absolute atomic E-state index is 0.310. The van der Waals surface area contributed by atoms with Crippen LogP contribution in [0.4, 0.5) is 17.1 Å². The molecule has 1 saturated heterocycles. The van der Waals surface area contributed by atoms with Gasteiger partial charge in [0.15, 0.2) is 0 Å². The second kappa shape index (κ2) is 8.95. The van der Waals surface area contributed by atoms with Crippen LogP contribution in [0.25, 0.3) is 0 Å². The summed E-state index contributed by atoms with van der Waals surface area (Å²) in [6.45, 7) is 0.660. The second-order valence-electron chi connectivity index (χ2n) is 6.86. The highest BCUT2D eigenvalue weighted by Gasteiger charge is 2.27. The number of halogens is 1. The molecule has 1 fully saturated rings. The zero-order chi connectivity index (χ0) is 22.7. The highest BCUT2D eigenvalue weighted by atomic mass is 35.5. The van der Waals surface area contributed by atoms with Crippen molar-refractivity contribution in [3.63, 3.8) is 0 Å². The van der Waals surface area contributed by atoms with Crippen molar-refractivity contribution in [1.82, 2.24) is 9.71 Å². The number of pyridine rings is 1. The first-order chi connectivity index (χ1) is 15.3. The van der Waals surface area contributed by atoms with Gasteiger partial charge in [-0.2, -0.15) is 13.1 Å². The minimum Gasteiger partial charge on any atom is -0.322 e. The van der Waals surface area contributed by atoms with E-state index < -0.39 is 16.1 Å². The smallest absolute Gasteiger partial charge is 0.301 e. The second-order valence-corrected chi connectivity index (χ2v) is 8.95. The first-order valence-electron chi connectivity index (χ1n) is 9.53.